The van der Waals surface area contributed by atoms with E-state index in [9.17, 15) is 0 Å². The maximum absolute atomic E-state index is 9.07. The first kappa shape index (κ1) is 7.71. The van der Waals surface area contributed by atoms with E-state index in [4.69, 9.17) is 5.11 Å². The van der Waals surface area contributed by atoms with E-state index in [1.165, 1.54) is 0 Å². The Morgan fingerprint density at radius 2 is 2.45 bits per heavy atom. The van der Waals surface area contributed by atoms with Crippen LogP contribution in [0.25, 0.3) is 0 Å². The van der Waals surface area contributed by atoms with E-state index in [2.05, 4.69) is 20.9 Å². The lowest BCUT2D eigenvalue weighted by Crippen LogP contribution is -2.11. The molecule has 1 N–H and O–H groups in total. The van der Waals surface area contributed by atoms with Crippen molar-refractivity contribution in [1.82, 2.24) is 4.98 Å². The average Bonchev–Trinajstić information content (AvgIpc) is 2.70. The molecule has 1 aromatic heterocycles. The zero-order valence-corrected chi connectivity index (χ0v) is 8.28. The summed E-state index contributed by atoms with van der Waals surface area (Å²) in [7, 11) is 0. The highest BCUT2D eigenvalue weighted by Crippen LogP contribution is 2.47. The number of aliphatic hydroxyl groups excluding tert-OH is 1. The van der Waals surface area contributed by atoms with Gasteiger partial charge in [-0.3, -0.25) is 0 Å². The smallest absolute Gasteiger partial charge is 0.159 e. The SMILES string of the molecule is OCC1(c2csc(Br)n2)CC1. The summed E-state index contributed by atoms with van der Waals surface area (Å²) >= 11 is 4.89. The fourth-order valence-corrected chi connectivity index (χ4v) is 2.28. The van der Waals surface area contributed by atoms with Crippen molar-refractivity contribution in [1.29, 1.82) is 0 Å². The Hall–Kier alpha value is 0.0700. The topological polar surface area (TPSA) is 33.1 Å². The lowest BCUT2D eigenvalue weighted by molar-refractivity contribution is 0.253. The van der Waals surface area contributed by atoms with Crippen molar-refractivity contribution in [2.45, 2.75) is 18.3 Å². The predicted octanol–water partition coefficient (Wildman–Crippen LogP) is 1.93. The van der Waals surface area contributed by atoms with Gasteiger partial charge < -0.3 is 5.11 Å². The van der Waals surface area contributed by atoms with Crippen molar-refractivity contribution in [2.75, 3.05) is 6.61 Å². The molecule has 1 aromatic rings. The zero-order chi connectivity index (χ0) is 7.90. The Balaban J connectivity index is 2.29. The Morgan fingerprint density at radius 1 is 1.73 bits per heavy atom. The fraction of sp³-hybridized carbons (Fsp3) is 0.571. The van der Waals surface area contributed by atoms with Crippen molar-refractivity contribution >= 4 is 27.3 Å². The molecule has 0 bridgehead atoms. The minimum Gasteiger partial charge on any atom is -0.395 e. The lowest BCUT2D eigenvalue weighted by atomic mass is 10.1. The minimum absolute atomic E-state index is 0.0303. The highest BCUT2D eigenvalue weighted by molar-refractivity contribution is 9.11. The van der Waals surface area contributed by atoms with E-state index in [0.717, 1.165) is 22.5 Å². The van der Waals surface area contributed by atoms with E-state index in [1.54, 1.807) is 11.3 Å². The molecule has 2 rings (SSSR count). The Labute approximate surface area is 77.4 Å². The molecule has 1 fully saturated rings. The summed E-state index contributed by atoms with van der Waals surface area (Å²) < 4.78 is 0.909. The number of hydrogen-bond donors (Lipinski definition) is 1. The average molecular weight is 234 g/mol. The molecule has 0 amide bonds. The first-order valence-electron chi connectivity index (χ1n) is 3.49. The number of halogens is 1. The van der Waals surface area contributed by atoms with Gasteiger partial charge in [0.15, 0.2) is 3.92 Å². The van der Waals surface area contributed by atoms with E-state index in [0.29, 0.717) is 0 Å². The summed E-state index contributed by atoms with van der Waals surface area (Å²) in [4.78, 5) is 4.29. The van der Waals surface area contributed by atoms with Gasteiger partial charge in [0, 0.05) is 10.8 Å². The van der Waals surface area contributed by atoms with Crippen LogP contribution in [-0.2, 0) is 5.41 Å². The molecule has 0 atom stereocenters. The lowest BCUT2D eigenvalue weighted by Gasteiger charge is -2.05. The van der Waals surface area contributed by atoms with Crippen LogP contribution in [0.5, 0.6) is 0 Å². The zero-order valence-electron chi connectivity index (χ0n) is 5.88. The highest BCUT2D eigenvalue weighted by Gasteiger charge is 2.45. The number of thiazole rings is 1. The molecular weight excluding hydrogens is 226 g/mol. The van der Waals surface area contributed by atoms with Crippen LogP contribution in [-0.4, -0.2) is 16.7 Å². The van der Waals surface area contributed by atoms with Gasteiger partial charge in [-0.25, -0.2) is 4.98 Å². The van der Waals surface area contributed by atoms with Crippen molar-refractivity contribution in [3.05, 3.63) is 15.0 Å². The maximum atomic E-state index is 9.07. The third kappa shape index (κ3) is 1.23. The van der Waals surface area contributed by atoms with Crippen molar-refractivity contribution < 1.29 is 5.11 Å². The number of rotatable bonds is 2. The molecule has 11 heavy (non-hydrogen) atoms. The first-order valence-corrected chi connectivity index (χ1v) is 5.16. The Kier molecular flexibility index (Phi) is 1.78. The molecular formula is C7H8BrNOS. The third-order valence-electron chi connectivity index (χ3n) is 2.18. The van der Waals surface area contributed by atoms with Gasteiger partial charge in [0.1, 0.15) is 0 Å². The molecule has 1 saturated carbocycles. The molecule has 1 heterocycles. The van der Waals surface area contributed by atoms with Gasteiger partial charge in [-0.05, 0) is 28.8 Å². The highest BCUT2D eigenvalue weighted by atomic mass is 79.9. The van der Waals surface area contributed by atoms with Crippen LogP contribution < -0.4 is 0 Å². The van der Waals surface area contributed by atoms with Crippen LogP contribution >= 0.6 is 27.3 Å². The van der Waals surface area contributed by atoms with Crippen molar-refractivity contribution in [2.24, 2.45) is 0 Å². The molecule has 0 spiro atoms. The van der Waals surface area contributed by atoms with Gasteiger partial charge in [-0.1, -0.05) is 0 Å². The summed E-state index contributed by atoms with van der Waals surface area (Å²) in [5, 5.41) is 11.1. The summed E-state index contributed by atoms with van der Waals surface area (Å²) in [6, 6.07) is 0. The number of hydrogen-bond acceptors (Lipinski definition) is 3. The van der Waals surface area contributed by atoms with Gasteiger partial charge in [0.25, 0.3) is 0 Å². The molecule has 2 nitrogen and oxygen atoms in total. The largest absolute Gasteiger partial charge is 0.395 e. The Bertz CT molecular complexity index is 269. The van der Waals surface area contributed by atoms with Gasteiger partial charge in [0.05, 0.1) is 12.3 Å². The quantitative estimate of drug-likeness (QED) is 0.848. The fourth-order valence-electron chi connectivity index (χ4n) is 1.14. The molecule has 60 valence electrons. The number of aromatic nitrogens is 1. The Morgan fingerprint density at radius 3 is 2.82 bits per heavy atom. The van der Waals surface area contributed by atoms with Crippen LogP contribution in [0.2, 0.25) is 0 Å². The molecule has 0 radical (unpaired) electrons. The number of aliphatic hydroxyl groups is 1. The molecule has 1 aliphatic rings. The third-order valence-corrected chi connectivity index (χ3v) is 3.54. The predicted molar refractivity (Wildman–Crippen MR) is 47.8 cm³/mol. The second kappa shape index (κ2) is 2.54. The monoisotopic (exact) mass is 233 g/mol. The summed E-state index contributed by atoms with van der Waals surface area (Å²) in [6.07, 6.45) is 2.17. The van der Waals surface area contributed by atoms with Gasteiger partial charge >= 0.3 is 0 Å². The van der Waals surface area contributed by atoms with Crippen molar-refractivity contribution in [3.8, 4) is 0 Å². The van der Waals surface area contributed by atoms with E-state index in [-0.39, 0.29) is 12.0 Å². The maximum Gasteiger partial charge on any atom is 0.159 e. The summed E-state index contributed by atoms with van der Waals surface area (Å²) in [5.74, 6) is 0. The second-order valence-electron chi connectivity index (χ2n) is 2.92. The van der Waals surface area contributed by atoms with Crippen LogP contribution in [0.15, 0.2) is 9.30 Å². The van der Waals surface area contributed by atoms with E-state index in [1.807, 2.05) is 5.38 Å². The van der Waals surface area contributed by atoms with Crippen LogP contribution in [0.4, 0.5) is 0 Å². The first-order chi connectivity index (χ1) is 5.27. The summed E-state index contributed by atoms with van der Waals surface area (Å²) in [5.41, 5.74) is 1.08. The standard InChI is InChI=1S/C7H8BrNOS/c8-6-9-5(3-11-6)7(4-10)1-2-7/h3,10H,1-2,4H2. The van der Waals surface area contributed by atoms with Crippen LogP contribution in [0, 0.1) is 0 Å². The van der Waals surface area contributed by atoms with Crippen LogP contribution in [0.1, 0.15) is 18.5 Å². The minimum atomic E-state index is 0.0303. The summed E-state index contributed by atoms with van der Waals surface area (Å²) in [6.45, 7) is 0.239. The molecule has 1 aliphatic carbocycles. The van der Waals surface area contributed by atoms with Crippen molar-refractivity contribution in [3.63, 3.8) is 0 Å². The molecule has 0 aliphatic heterocycles. The molecule has 0 unspecified atom stereocenters. The van der Waals surface area contributed by atoms with Gasteiger partial charge in [0.2, 0.25) is 0 Å². The normalized spacial score (nSPS) is 20.2. The van der Waals surface area contributed by atoms with E-state index >= 15 is 0 Å². The molecule has 0 aromatic carbocycles. The van der Waals surface area contributed by atoms with Crippen LogP contribution in [0.3, 0.4) is 0 Å². The van der Waals surface area contributed by atoms with Gasteiger partial charge in [-0.15, -0.1) is 11.3 Å². The van der Waals surface area contributed by atoms with E-state index < -0.39 is 0 Å². The number of nitrogens with zero attached hydrogens (tertiary/aromatic N) is 1. The van der Waals surface area contributed by atoms with Gasteiger partial charge in [-0.2, -0.15) is 0 Å². The second-order valence-corrected chi connectivity index (χ2v) is 5.06. The molecule has 4 heteroatoms. The molecule has 0 saturated heterocycles.